The van der Waals surface area contributed by atoms with Crippen molar-refractivity contribution in [2.24, 2.45) is 11.3 Å². The van der Waals surface area contributed by atoms with Gasteiger partial charge in [-0.05, 0) is 34.1 Å². The number of hydrogen-bond donors (Lipinski definition) is 3. The first kappa shape index (κ1) is 24.7. The first-order valence-corrected chi connectivity index (χ1v) is 11.9. The lowest BCUT2D eigenvalue weighted by Crippen LogP contribution is -2.53. The van der Waals surface area contributed by atoms with Crippen LogP contribution >= 0.6 is 0 Å². The summed E-state index contributed by atoms with van der Waals surface area (Å²) in [5.41, 5.74) is 4.21. The Balaban J connectivity index is 1.42. The van der Waals surface area contributed by atoms with Gasteiger partial charge in [0.1, 0.15) is 18.6 Å². The molecule has 3 atom stereocenters. The van der Waals surface area contributed by atoms with Gasteiger partial charge in [0.05, 0.1) is 19.3 Å². The topological polar surface area (TPSA) is 114 Å². The molecule has 8 heteroatoms. The molecule has 8 nitrogen and oxygen atoms in total. The number of fused-ring (bicyclic) bond motifs is 3. The minimum Gasteiger partial charge on any atom is -0.481 e. The quantitative estimate of drug-likeness (QED) is 0.559. The van der Waals surface area contributed by atoms with Gasteiger partial charge in [-0.15, -0.1) is 0 Å². The fourth-order valence-electron chi connectivity index (χ4n) is 4.83. The van der Waals surface area contributed by atoms with Crippen molar-refractivity contribution in [3.63, 3.8) is 0 Å². The van der Waals surface area contributed by atoms with Crippen LogP contribution < -0.4 is 10.6 Å². The van der Waals surface area contributed by atoms with Crippen molar-refractivity contribution >= 4 is 18.0 Å². The molecule has 0 saturated carbocycles. The van der Waals surface area contributed by atoms with Crippen LogP contribution in [0.1, 0.15) is 44.2 Å². The molecule has 1 heterocycles. The largest absolute Gasteiger partial charge is 0.481 e. The Bertz CT molecular complexity index is 1060. The Morgan fingerprint density at radius 1 is 1.03 bits per heavy atom. The maximum Gasteiger partial charge on any atom is 0.407 e. The molecule has 0 radical (unpaired) electrons. The molecule has 0 bridgehead atoms. The van der Waals surface area contributed by atoms with E-state index in [4.69, 9.17) is 9.47 Å². The molecule has 1 saturated heterocycles. The number of carboxylic acids is 1. The van der Waals surface area contributed by atoms with E-state index in [1.807, 2.05) is 57.2 Å². The van der Waals surface area contributed by atoms with Gasteiger partial charge < -0.3 is 25.2 Å². The number of rotatable bonds is 7. The molecular weight excluding hydrogens is 448 g/mol. The third-order valence-corrected chi connectivity index (χ3v) is 6.49. The average molecular weight is 481 g/mol. The minimum atomic E-state index is -1.02. The number of carboxylic acid groups (broad SMARTS) is 1. The van der Waals surface area contributed by atoms with Gasteiger partial charge in [0.25, 0.3) is 0 Å². The van der Waals surface area contributed by atoms with Crippen LogP contribution in [0.15, 0.2) is 48.5 Å². The lowest BCUT2D eigenvalue weighted by Gasteiger charge is -2.27. The summed E-state index contributed by atoms with van der Waals surface area (Å²) in [5.74, 6) is -2.38. The van der Waals surface area contributed by atoms with Crippen LogP contribution in [-0.2, 0) is 19.1 Å². The molecule has 0 spiro atoms. The van der Waals surface area contributed by atoms with Gasteiger partial charge in [-0.1, -0.05) is 69.3 Å². The van der Waals surface area contributed by atoms with E-state index in [1.165, 1.54) is 0 Å². The monoisotopic (exact) mass is 480 g/mol. The van der Waals surface area contributed by atoms with E-state index >= 15 is 0 Å². The van der Waals surface area contributed by atoms with E-state index < -0.39 is 36.0 Å². The maximum atomic E-state index is 13.0. The van der Waals surface area contributed by atoms with Crippen molar-refractivity contribution in [3.05, 3.63) is 59.7 Å². The van der Waals surface area contributed by atoms with Crippen LogP contribution in [-0.4, -0.2) is 55.0 Å². The van der Waals surface area contributed by atoms with E-state index in [2.05, 4.69) is 22.8 Å². The summed E-state index contributed by atoms with van der Waals surface area (Å²) in [7, 11) is 0. The standard InChI is InChI=1S/C27H32N2O6/c1-27(2,3)12-22(24(30)28-23-15-34-13-21(23)25(31)32)29-26(33)35-14-20-18-10-6-4-8-16(18)17-9-5-7-11-19(17)20/h4-11,20-23H,12-15H2,1-3H3,(H,28,30)(H,29,33)(H,31,32). The van der Waals surface area contributed by atoms with Gasteiger partial charge in [0.15, 0.2) is 0 Å². The molecule has 1 aliphatic heterocycles. The normalized spacial score (nSPS) is 20.0. The van der Waals surface area contributed by atoms with Crippen molar-refractivity contribution in [2.45, 2.75) is 45.2 Å². The highest BCUT2D eigenvalue weighted by atomic mass is 16.5. The third kappa shape index (κ3) is 5.65. The molecule has 3 N–H and O–H groups in total. The fourth-order valence-corrected chi connectivity index (χ4v) is 4.83. The number of hydrogen-bond acceptors (Lipinski definition) is 5. The Hall–Kier alpha value is -3.39. The number of carbonyl (C=O) groups is 3. The number of aliphatic carboxylic acids is 1. The summed E-state index contributed by atoms with van der Waals surface area (Å²) < 4.78 is 10.9. The van der Waals surface area contributed by atoms with Gasteiger partial charge >= 0.3 is 12.1 Å². The third-order valence-electron chi connectivity index (χ3n) is 6.49. The van der Waals surface area contributed by atoms with Gasteiger partial charge in [0, 0.05) is 5.92 Å². The number of carbonyl (C=O) groups excluding carboxylic acids is 2. The summed E-state index contributed by atoms with van der Waals surface area (Å²) in [4.78, 5) is 37.3. The second kappa shape index (κ2) is 10.1. The number of ether oxygens (including phenoxy) is 2. The van der Waals surface area contributed by atoms with E-state index in [-0.39, 0.29) is 31.2 Å². The zero-order valence-corrected chi connectivity index (χ0v) is 20.2. The molecule has 4 rings (SSSR count). The van der Waals surface area contributed by atoms with Gasteiger partial charge in [-0.2, -0.15) is 0 Å². The second-order valence-electron chi connectivity index (χ2n) is 10.4. The number of benzene rings is 2. The lowest BCUT2D eigenvalue weighted by molar-refractivity contribution is -0.142. The van der Waals surface area contributed by atoms with Crippen LogP contribution in [0.25, 0.3) is 11.1 Å². The zero-order valence-electron chi connectivity index (χ0n) is 20.2. The second-order valence-corrected chi connectivity index (χ2v) is 10.4. The minimum absolute atomic E-state index is 0.0457. The smallest absolute Gasteiger partial charge is 0.407 e. The van der Waals surface area contributed by atoms with Crippen LogP contribution in [0.4, 0.5) is 4.79 Å². The first-order chi connectivity index (χ1) is 16.6. The van der Waals surface area contributed by atoms with Gasteiger partial charge in [-0.3, -0.25) is 9.59 Å². The Morgan fingerprint density at radius 2 is 1.63 bits per heavy atom. The molecule has 0 aromatic heterocycles. The Labute approximate surface area is 205 Å². The predicted octanol–water partition coefficient (Wildman–Crippen LogP) is 3.55. The summed E-state index contributed by atoms with van der Waals surface area (Å²) in [6.07, 6.45) is -0.331. The fraction of sp³-hybridized carbons (Fsp3) is 0.444. The van der Waals surface area contributed by atoms with Crippen LogP contribution in [0.2, 0.25) is 0 Å². The van der Waals surface area contributed by atoms with E-state index in [9.17, 15) is 19.5 Å². The molecule has 1 aliphatic carbocycles. The van der Waals surface area contributed by atoms with Crippen LogP contribution in [0, 0.1) is 11.3 Å². The molecule has 1 fully saturated rings. The summed E-state index contributed by atoms with van der Waals surface area (Å²) >= 11 is 0. The van der Waals surface area contributed by atoms with Crippen molar-refractivity contribution in [2.75, 3.05) is 19.8 Å². The molecule has 186 valence electrons. The summed E-state index contributed by atoms with van der Waals surface area (Å²) in [6.45, 7) is 6.20. The first-order valence-electron chi connectivity index (χ1n) is 11.9. The highest BCUT2D eigenvalue weighted by Gasteiger charge is 2.37. The average Bonchev–Trinajstić information content (AvgIpc) is 3.39. The zero-order chi connectivity index (χ0) is 25.2. The summed E-state index contributed by atoms with van der Waals surface area (Å²) in [5, 5.41) is 14.8. The SMILES string of the molecule is CC(C)(C)CC(NC(=O)OCC1c2ccccc2-c2ccccc21)C(=O)NC1COCC1C(=O)O. The van der Waals surface area contributed by atoms with Crippen LogP contribution in [0.5, 0.6) is 0 Å². The molecule has 3 unspecified atom stereocenters. The Morgan fingerprint density at radius 3 is 2.20 bits per heavy atom. The highest BCUT2D eigenvalue weighted by molar-refractivity contribution is 5.86. The van der Waals surface area contributed by atoms with Crippen molar-refractivity contribution < 1.29 is 29.0 Å². The summed E-state index contributed by atoms with van der Waals surface area (Å²) in [6, 6.07) is 14.6. The Kier molecular flexibility index (Phi) is 7.12. The maximum absolute atomic E-state index is 13.0. The van der Waals surface area contributed by atoms with E-state index in [0.717, 1.165) is 22.3 Å². The van der Waals surface area contributed by atoms with Crippen molar-refractivity contribution in [3.8, 4) is 11.1 Å². The van der Waals surface area contributed by atoms with Gasteiger partial charge in [0.2, 0.25) is 5.91 Å². The highest BCUT2D eigenvalue weighted by Crippen LogP contribution is 2.44. The van der Waals surface area contributed by atoms with E-state index in [1.54, 1.807) is 0 Å². The number of nitrogens with one attached hydrogen (secondary N) is 2. The molecule has 2 aromatic rings. The lowest BCUT2D eigenvalue weighted by atomic mass is 9.87. The van der Waals surface area contributed by atoms with Crippen LogP contribution in [0.3, 0.4) is 0 Å². The van der Waals surface area contributed by atoms with E-state index in [0.29, 0.717) is 6.42 Å². The molecule has 2 aliphatic rings. The molecule has 2 aromatic carbocycles. The number of amides is 2. The molecule has 2 amide bonds. The van der Waals surface area contributed by atoms with Crippen molar-refractivity contribution in [1.29, 1.82) is 0 Å². The molecule has 35 heavy (non-hydrogen) atoms. The number of alkyl carbamates (subject to hydrolysis) is 1. The van der Waals surface area contributed by atoms with Gasteiger partial charge in [-0.25, -0.2) is 4.79 Å². The predicted molar refractivity (Wildman–Crippen MR) is 130 cm³/mol. The van der Waals surface area contributed by atoms with Crippen molar-refractivity contribution in [1.82, 2.24) is 10.6 Å². The molecular formula is C27H32N2O6.